The SMILES string of the molecule is CC(C)N1CCC(CNC(=O)NCC2CCN(c3ccccc3)C2)C1. The van der Waals surface area contributed by atoms with Gasteiger partial charge in [0.1, 0.15) is 0 Å². The number of amides is 2. The summed E-state index contributed by atoms with van der Waals surface area (Å²) in [5, 5.41) is 6.12. The zero-order valence-corrected chi connectivity index (χ0v) is 15.6. The van der Waals surface area contributed by atoms with E-state index in [-0.39, 0.29) is 6.03 Å². The first-order valence-electron chi connectivity index (χ1n) is 9.67. The number of hydrogen-bond acceptors (Lipinski definition) is 3. The summed E-state index contributed by atoms with van der Waals surface area (Å²) in [7, 11) is 0. The van der Waals surface area contributed by atoms with Crippen molar-refractivity contribution in [2.24, 2.45) is 11.8 Å². The molecule has 2 N–H and O–H groups in total. The minimum absolute atomic E-state index is 0.0128. The highest BCUT2D eigenvalue weighted by Crippen LogP contribution is 2.23. The second-order valence-electron chi connectivity index (χ2n) is 7.77. The molecule has 0 spiro atoms. The summed E-state index contributed by atoms with van der Waals surface area (Å²) in [6.07, 6.45) is 2.33. The van der Waals surface area contributed by atoms with Gasteiger partial charge in [0.2, 0.25) is 0 Å². The van der Waals surface area contributed by atoms with Crippen molar-refractivity contribution in [2.75, 3.05) is 44.2 Å². The summed E-state index contributed by atoms with van der Waals surface area (Å²) in [5.74, 6) is 1.13. The van der Waals surface area contributed by atoms with Gasteiger partial charge in [0.25, 0.3) is 0 Å². The van der Waals surface area contributed by atoms with E-state index >= 15 is 0 Å². The van der Waals surface area contributed by atoms with Gasteiger partial charge in [-0.15, -0.1) is 0 Å². The minimum Gasteiger partial charge on any atom is -0.371 e. The lowest BCUT2D eigenvalue weighted by Gasteiger charge is -2.20. The summed E-state index contributed by atoms with van der Waals surface area (Å²) in [6, 6.07) is 11.1. The van der Waals surface area contributed by atoms with Crippen LogP contribution >= 0.6 is 0 Å². The molecule has 2 aliphatic rings. The number of rotatable bonds is 6. The first kappa shape index (κ1) is 18.1. The smallest absolute Gasteiger partial charge is 0.314 e. The average Bonchev–Trinajstić information content (AvgIpc) is 3.28. The fourth-order valence-electron chi connectivity index (χ4n) is 3.91. The van der Waals surface area contributed by atoms with Gasteiger partial charge in [-0.1, -0.05) is 18.2 Å². The van der Waals surface area contributed by atoms with E-state index in [4.69, 9.17) is 0 Å². The number of carbonyl (C=O) groups is 1. The molecule has 0 aromatic heterocycles. The maximum atomic E-state index is 12.1. The molecule has 2 atom stereocenters. The van der Waals surface area contributed by atoms with Crippen LogP contribution in [0, 0.1) is 11.8 Å². The van der Waals surface area contributed by atoms with Gasteiger partial charge in [0.15, 0.2) is 0 Å². The van der Waals surface area contributed by atoms with Gasteiger partial charge in [0.05, 0.1) is 0 Å². The Kier molecular flexibility index (Phi) is 6.19. The molecule has 5 nitrogen and oxygen atoms in total. The number of nitrogens with one attached hydrogen (secondary N) is 2. The van der Waals surface area contributed by atoms with Crippen LogP contribution in [0.5, 0.6) is 0 Å². The lowest BCUT2D eigenvalue weighted by Crippen LogP contribution is -2.41. The number of carbonyl (C=O) groups excluding carboxylic acids is 1. The molecule has 25 heavy (non-hydrogen) atoms. The third-order valence-electron chi connectivity index (χ3n) is 5.56. The number of benzene rings is 1. The normalized spacial score (nSPS) is 24.0. The number of anilines is 1. The molecule has 5 heteroatoms. The molecular weight excluding hydrogens is 312 g/mol. The molecule has 2 aliphatic heterocycles. The molecule has 2 heterocycles. The second kappa shape index (κ2) is 8.56. The predicted molar refractivity (Wildman–Crippen MR) is 103 cm³/mol. The van der Waals surface area contributed by atoms with Crippen LogP contribution in [0.15, 0.2) is 30.3 Å². The van der Waals surface area contributed by atoms with Crippen LogP contribution in [-0.4, -0.2) is 56.2 Å². The maximum Gasteiger partial charge on any atom is 0.314 e. The van der Waals surface area contributed by atoms with Crippen LogP contribution in [0.4, 0.5) is 10.5 Å². The van der Waals surface area contributed by atoms with E-state index in [1.807, 2.05) is 6.07 Å². The van der Waals surface area contributed by atoms with Crippen LogP contribution in [0.25, 0.3) is 0 Å². The largest absolute Gasteiger partial charge is 0.371 e. The van der Waals surface area contributed by atoms with E-state index in [1.165, 1.54) is 12.1 Å². The van der Waals surface area contributed by atoms with E-state index < -0.39 is 0 Å². The fraction of sp³-hybridized carbons (Fsp3) is 0.650. The number of hydrogen-bond donors (Lipinski definition) is 2. The lowest BCUT2D eigenvalue weighted by atomic mass is 10.1. The van der Waals surface area contributed by atoms with Gasteiger partial charge in [-0.3, -0.25) is 0 Å². The van der Waals surface area contributed by atoms with Gasteiger partial charge in [-0.2, -0.15) is 0 Å². The Morgan fingerprint density at radius 2 is 1.68 bits per heavy atom. The van der Waals surface area contributed by atoms with Crippen LogP contribution in [0.2, 0.25) is 0 Å². The molecule has 2 unspecified atom stereocenters. The highest BCUT2D eigenvalue weighted by atomic mass is 16.2. The molecule has 0 aliphatic carbocycles. The molecule has 2 fully saturated rings. The van der Waals surface area contributed by atoms with Crippen molar-refractivity contribution in [3.63, 3.8) is 0 Å². The Bertz CT molecular complexity index is 548. The molecular formula is C20H32N4O. The first-order valence-corrected chi connectivity index (χ1v) is 9.67. The molecule has 0 radical (unpaired) electrons. The fourth-order valence-corrected chi connectivity index (χ4v) is 3.91. The van der Waals surface area contributed by atoms with Crippen molar-refractivity contribution in [2.45, 2.75) is 32.7 Å². The molecule has 2 amide bonds. The summed E-state index contributed by atoms with van der Waals surface area (Å²) in [5.41, 5.74) is 1.28. The van der Waals surface area contributed by atoms with Gasteiger partial charge in [0, 0.05) is 44.5 Å². The average molecular weight is 345 g/mol. The quantitative estimate of drug-likeness (QED) is 0.834. The van der Waals surface area contributed by atoms with Crippen molar-refractivity contribution in [3.8, 4) is 0 Å². The third-order valence-corrected chi connectivity index (χ3v) is 5.56. The number of likely N-dealkylation sites (tertiary alicyclic amines) is 1. The Balaban J connectivity index is 1.32. The van der Waals surface area contributed by atoms with Crippen molar-refractivity contribution in [1.29, 1.82) is 0 Å². The molecule has 3 rings (SSSR count). The molecule has 0 saturated carbocycles. The van der Waals surface area contributed by atoms with Crippen molar-refractivity contribution in [1.82, 2.24) is 15.5 Å². The van der Waals surface area contributed by atoms with E-state index in [0.29, 0.717) is 17.9 Å². The minimum atomic E-state index is -0.0128. The third kappa shape index (κ3) is 5.11. The highest BCUT2D eigenvalue weighted by Gasteiger charge is 2.25. The van der Waals surface area contributed by atoms with E-state index in [9.17, 15) is 4.79 Å². The Morgan fingerprint density at radius 1 is 1.04 bits per heavy atom. The van der Waals surface area contributed by atoms with Crippen LogP contribution in [0.3, 0.4) is 0 Å². The van der Waals surface area contributed by atoms with Crippen molar-refractivity contribution >= 4 is 11.7 Å². The van der Waals surface area contributed by atoms with E-state index in [2.05, 4.69) is 58.5 Å². The summed E-state index contributed by atoms with van der Waals surface area (Å²) in [6.45, 7) is 10.4. The number of para-hydroxylation sites is 1. The molecule has 138 valence electrons. The summed E-state index contributed by atoms with van der Waals surface area (Å²) in [4.78, 5) is 17.0. The van der Waals surface area contributed by atoms with Crippen LogP contribution < -0.4 is 15.5 Å². The second-order valence-corrected chi connectivity index (χ2v) is 7.77. The molecule has 2 saturated heterocycles. The van der Waals surface area contributed by atoms with Gasteiger partial charge >= 0.3 is 6.03 Å². The van der Waals surface area contributed by atoms with Crippen molar-refractivity contribution < 1.29 is 4.79 Å². The van der Waals surface area contributed by atoms with E-state index in [1.54, 1.807) is 0 Å². The Morgan fingerprint density at radius 3 is 2.32 bits per heavy atom. The number of nitrogens with zero attached hydrogens (tertiary/aromatic N) is 2. The van der Waals surface area contributed by atoms with Crippen molar-refractivity contribution in [3.05, 3.63) is 30.3 Å². The summed E-state index contributed by atoms with van der Waals surface area (Å²) >= 11 is 0. The standard InChI is InChI=1S/C20H32N4O/c1-16(2)23-10-8-17(14-23)12-21-20(25)22-13-18-9-11-24(15-18)19-6-4-3-5-7-19/h3-7,16-18H,8-15H2,1-2H3,(H2,21,22,25). The Hall–Kier alpha value is -1.75. The van der Waals surface area contributed by atoms with Gasteiger partial charge in [-0.05, 0) is 57.2 Å². The van der Waals surface area contributed by atoms with E-state index in [0.717, 1.165) is 45.7 Å². The monoisotopic (exact) mass is 344 g/mol. The maximum absolute atomic E-state index is 12.1. The highest BCUT2D eigenvalue weighted by molar-refractivity contribution is 5.73. The first-order chi connectivity index (χ1) is 12.1. The topological polar surface area (TPSA) is 47.6 Å². The molecule has 1 aromatic carbocycles. The summed E-state index contributed by atoms with van der Waals surface area (Å²) < 4.78 is 0. The zero-order valence-electron chi connectivity index (χ0n) is 15.6. The molecule has 1 aromatic rings. The molecule has 0 bridgehead atoms. The predicted octanol–water partition coefficient (Wildman–Crippen LogP) is 2.54. The zero-order chi connectivity index (χ0) is 17.6. The van der Waals surface area contributed by atoms with Crippen LogP contribution in [0.1, 0.15) is 26.7 Å². The van der Waals surface area contributed by atoms with Gasteiger partial charge in [-0.25, -0.2) is 4.79 Å². The lowest BCUT2D eigenvalue weighted by molar-refractivity contribution is 0.235. The van der Waals surface area contributed by atoms with Crippen LogP contribution in [-0.2, 0) is 0 Å². The van der Waals surface area contributed by atoms with Gasteiger partial charge < -0.3 is 20.4 Å². The Labute approximate surface area is 151 Å². The number of urea groups is 1.